The molecule has 0 unspecified atom stereocenters. The van der Waals surface area contributed by atoms with Crippen molar-refractivity contribution in [2.24, 2.45) is 12.8 Å². The highest BCUT2D eigenvalue weighted by molar-refractivity contribution is 5.88. The van der Waals surface area contributed by atoms with Crippen molar-refractivity contribution in [2.75, 3.05) is 10.6 Å². The lowest BCUT2D eigenvalue weighted by molar-refractivity contribution is 0.259. The average Bonchev–Trinajstić information content (AvgIpc) is 2.72. The normalized spacial score (nSPS) is 10.1. The maximum atomic E-state index is 10.7. The number of nitrogens with one attached hydrogen (secondary N) is 2. The third kappa shape index (κ3) is 3.00. The van der Waals surface area contributed by atoms with Crippen molar-refractivity contribution in [3.63, 3.8) is 0 Å². The topological polar surface area (TPSA) is 85.0 Å². The van der Waals surface area contributed by atoms with Crippen LogP contribution in [-0.2, 0) is 13.6 Å². The molecule has 0 fully saturated rings. The van der Waals surface area contributed by atoms with E-state index in [2.05, 4.69) is 15.7 Å². The number of anilines is 2. The predicted octanol–water partition coefficient (Wildman–Crippen LogP) is 1.52. The molecular weight excluding hydrogens is 230 g/mol. The molecule has 0 atom stereocenters. The summed E-state index contributed by atoms with van der Waals surface area (Å²) < 4.78 is 1.80. The number of nitrogens with two attached hydrogens (primary N) is 1. The van der Waals surface area contributed by atoms with Gasteiger partial charge in [0.05, 0.1) is 12.2 Å². The summed E-state index contributed by atoms with van der Waals surface area (Å²) in [5.41, 5.74) is 7.71. The molecule has 1 aromatic heterocycles. The van der Waals surface area contributed by atoms with E-state index in [1.807, 2.05) is 31.3 Å². The summed E-state index contributed by atoms with van der Waals surface area (Å²) in [4.78, 5) is 10.7. The Labute approximate surface area is 105 Å². The minimum absolute atomic E-state index is 0.571. The SMILES string of the molecule is Cn1nccc1CNc1cccc(NC(N)=O)c1. The summed E-state index contributed by atoms with van der Waals surface area (Å²) in [5.74, 6) is 0. The lowest BCUT2D eigenvalue weighted by atomic mass is 10.2. The maximum Gasteiger partial charge on any atom is 0.316 e. The first-order valence-electron chi connectivity index (χ1n) is 5.52. The van der Waals surface area contributed by atoms with Crippen LogP contribution < -0.4 is 16.4 Å². The Bertz CT molecular complexity index is 549. The molecule has 0 saturated carbocycles. The number of rotatable bonds is 4. The van der Waals surface area contributed by atoms with Gasteiger partial charge in [-0.05, 0) is 24.3 Å². The molecule has 2 aromatic rings. The molecule has 1 aromatic carbocycles. The van der Waals surface area contributed by atoms with Gasteiger partial charge in [-0.25, -0.2) is 4.79 Å². The van der Waals surface area contributed by atoms with Gasteiger partial charge in [-0.1, -0.05) is 6.07 Å². The van der Waals surface area contributed by atoms with E-state index in [9.17, 15) is 4.79 Å². The number of hydrogen-bond donors (Lipinski definition) is 3. The zero-order valence-corrected chi connectivity index (χ0v) is 10.1. The second-order valence-corrected chi connectivity index (χ2v) is 3.87. The zero-order chi connectivity index (χ0) is 13.0. The van der Waals surface area contributed by atoms with Gasteiger partial charge in [-0.2, -0.15) is 5.10 Å². The molecule has 0 aliphatic heterocycles. The largest absolute Gasteiger partial charge is 0.379 e. The van der Waals surface area contributed by atoms with Crippen LogP contribution in [0.4, 0.5) is 16.2 Å². The van der Waals surface area contributed by atoms with E-state index >= 15 is 0 Å². The number of urea groups is 1. The summed E-state index contributed by atoms with van der Waals surface area (Å²) in [5, 5.41) is 9.87. The van der Waals surface area contributed by atoms with Crippen LogP contribution in [0.5, 0.6) is 0 Å². The van der Waals surface area contributed by atoms with E-state index in [4.69, 9.17) is 5.73 Å². The van der Waals surface area contributed by atoms with E-state index in [1.165, 1.54) is 0 Å². The number of aryl methyl sites for hydroxylation is 1. The van der Waals surface area contributed by atoms with Gasteiger partial charge < -0.3 is 16.4 Å². The monoisotopic (exact) mass is 245 g/mol. The molecule has 0 aliphatic rings. The van der Waals surface area contributed by atoms with Gasteiger partial charge in [-0.15, -0.1) is 0 Å². The molecule has 18 heavy (non-hydrogen) atoms. The summed E-state index contributed by atoms with van der Waals surface area (Å²) in [6, 6.07) is 8.73. The van der Waals surface area contributed by atoms with Gasteiger partial charge in [0.2, 0.25) is 0 Å². The van der Waals surface area contributed by atoms with E-state index in [-0.39, 0.29) is 0 Å². The van der Waals surface area contributed by atoms with Crippen molar-refractivity contribution in [3.8, 4) is 0 Å². The average molecular weight is 245 g/mol. The van der Waals surface area contributed by atoms with Gasteiger partial charge in [-0.3, -0.25) is 4.68 Å². The van der Waals surface area contributed by atoms with E-state index < -0.39 is 6.03 Å². The highest BCUT2D eigenvalue weighted by Crippen LogP contribution is 2.15. The number of aromatic nitrogens is 2. The van der Waals surface area contributed by atoms with E-state index in [0.29, 0.717) is 12.2 Å². The molecule has 6 nitrogen and oxygen atoms in total. The first-order chi connectivity index (χ1) is 8.65. The highest BCUT2D eigenvalue weighted by Gasteiger charge is 2.00. The van der Waals surface area contributed by atoms with Crippen LogP contribution in [0.3, 0.4) is 0 Å². The number of amides is 2. The first kappa shape index (κ1) is 12.0. The Balaban J connectivity index is 2.01. The molecule has 0 spiro atoms. The highest BCUT2D eigenvalue weighted by atomic mass is 16.2. The third-order valence-corrected chi connectivity index (χ3v) is 2.53. The Hall–Kier alpha value is -2.50. The summed E-state index contributed by atoms with van der Waals surface area (Å²) >= 11 is 0. The zero-order valence-electron chi connectivity index (χ0n) is 10.1. The van der Waals surface area contributed by atoms with Crippen molar-refractivity contribution in [1.29, 1.82) is 0 Å². The van der Waals surface area contributed by atoms with Crippen LogP contribution in [0.2, 0.25) is 0 Å². The molecule has 4 N–H and O–H groups in total. The van der Waals surface area contributed by atoms with Crippen molar-refractivity contribution < 1.29 is 4.79 Å². The molecule has 94 valence electrons. The molecule has 0 saturated heterocycles. The Morgan fingerprint density at radius 2 is 2.17 bits per heavy atom. The molecule has 6 heteroatoms. The lowest BCUT2D eigenvalue weighted by Gasteiger charge is -2.08. The van der Waals surface area contributed by atoms with Crippen molar-refractivity contribution in [1.82, 2.24) is 9.78 Å². The number of carbonyl (C=O) groups excluding carboxylic acids is 1. The minimum atomic E-state index is -0.571. The van der Waals surface area contributed by atoms with E-state index in [1.54, 1.807) is 16.9 Å². The number of nitrogens with zero attached hydrogens (tertiary/aromatic N) is 2. The molecular formula is C12H15N5O. The number of benzene rings is 1. The second kappa shape index (κ2) is 5.22. The Kier molecular flexibility index (Phi) is 3.47. The van der Waals surface area contributed by atoms with Crippen LogP contribution in [0.25, 0.3) is 0 Å². The van der Waals surface area contributed by atoms with Gasteiger partial charge in [0, 0.05) is 24.6 Å². The van der Waals surface area contributed by atoms with Gasteiger partial charge >= 0.3 is 6.03 Å². The minimum Gasteiger partial charge on any atom is -0.379 e. The summed E-state index contributed by atoms with van der Waals surface area (Å²) in [6.45, 7) is 0.663. The van der Waals surface area contributed by atoms with Crippen molar-refractivity contribution in [2.45, 2.75) is 6.54 Å². The van der Waals surface area contributed by atoms with Crippen LogP contribution in [0, 0.1) is 0 Å². The van der Waals surface area contributed by atoms with Gasteiger partial charge in [0.15, 0.2) is 0 Å². The fourth-order valence-electron chi connectivity index (χ4n) is 1.62. The number of primary amides is 1. The van der Waals surface area contributed by atoms with E-state index in [0.717, 1.165) is 11.4 Å². The van der Waals surface area contributed by atoms with Crippen LogP contribution >= 0.6 is 0 Å². The quantitative estimate of drug-likeness (QED) is 0.763. The Morgan fingerprint density at radius 1 is 1.39 bits per heavy atom. The summed E-state index contributed by atoms with van der Waals surface area (Å²) in [7, 11) is 1.89. The van der Waals surface area contributed by atoms with Crippen LogP contribution in [-0.4, -0.2) is 15.8 Å². The van der Waals surface area contributed by atoms with Crippen LogP contribution in [0.15, 0.2) is 36.5 Å². The van der Waals surface area contributed by atoms with Gasteiger partial charge in [0.25, 0.3) is 0 Å². The number of carbonyl (C=O) groups is 1. The first-order valence-corrected chi connectivity index (χ1v) is 5.52. The molecule has 1 heterocycles. The van der Waals surface area contributed by atoms with Crippen LogP contribution in [0.1, 0.15) is 5.69 Å². The smallest absolute Gasteiger partial charge is 0.316 e. The van der Waals surface area contributed by atoms with Crippen molar-refractivity contribution >= 4 is 17.4 Å². The molecule has 2 rings (SSSR count). The predicted molar refractivity (Wildman–Crippen MR) is 70.2 cm³/mol. The number of hydrogen-bond acceptors (Lipinski definition) is 3. The third-order valence-electron chi connectivity index (χ3n) is 2.53. The summed E-state index contributed by atoms with van der Waals surface area (Å²) in [6.07, 6.45) is 1.75. The fraction of sp³-hybridized carbons (Fsp3) is 0.167. The molecule has 2 amide bonds. The Morgan fingerprint density at radius 3 is 2.83 bits per heavy atom. The molecule has 0 bridgehead atoms. The van der Waals surface area contributed by atoms with Crippen molar-refractivity contribution in [3.05, 3.63) is 42.2 Å². The lowest BCUT2D eigenvalue weighted by Crippen LogP contribution is -2.19. The fourth-order valence-corrected chi connectivity index (χ4v) is 1.62. The molecule has 0 radical (unpaired) electrons. The molecule has 0 aliphatic carbocycles. The standard InChI is InChI=1S/C12H15N5O/c1-17-11(5-6-15-17)8-14-9-3-2-4-10(7-9)16-12(13)18/h2-7,14H,8H2,1H3,(H3,13,16,18). The van der Waals surface area contributed by atoms with Gasteiger partial charge in [0.1, 0.15) is 0 Å². The maximum absolute atomic E-state index is 10.7. The second-order valence-electron chi connectivity index (χ2n) is 3.87.